The van der Waals surface area contributed by atoms with Crippen molar-refractivity contribution < 1.29 is 9.59 Å². The van der Waals surface area contributed by atoms with Crippen LogP contribution in [0.2, 0.25) is 5.02 Å². The minimum Gasteiger partial charge on any atom is -0.353 e. The van der Waals surface area contributed by atoms with Gasteiger partial charge >= 0.3 is 0 Å². The van der Waals surface area contributed by atoms with E-state index in [9.17, 15) is 9.59 Å². The van der Waals surface area contributed by atoms with Gasteiger partial charge in [0.2, 0.25) is 5.91 Å². The van der Waals surface area contributed by atoms with Crippen LogP contribution < -0.4 is 5.32 Å². The van der Waals surface area contributed by atoms with E-state index < -0.39 is 6.04 Å². The Kier molecular flexibility index (Phi) is 4.14. The highest BCUT2D eigenvalue weighted by molar-refractivity contribution is 6.31. The van der Waals surface area contributed by atoms with E-state index in [1.54, 1.807) is 24.1 Å². The summed E-state index contributed by atoms with van der Waals surface area (Å²) in [6.07, 6.45) is 2.67. The third-order valence-electron chi connectivity index (χ3n) is 3.31. The Morgan fingerprint density at radius 1 is 1.58 bits per heavy atom. The molecule has 0 aromatic carbocycles. The number of hydrogen-bond acceptors (Lipinski definition) is 2. The van der Waals surface area contributed by atoms with Gasteiger partial charge in [0.05, 0.1) is 5.02 Å². The van der Waals surface area contributed by atoms with Crippen LogP contribution in [-0.2, 0) is 11.3 Å². The van der Waals surface area contributed by atoms with E-state index in [1.807, 2.05) is 11.5 Å². The van der Waals surface area contributed by atoms with Crippen LogP contribution in [0.4, 0.5) is 0 Å². The molecular weight excluding hydrogens is 266 g/mol. The van der Waals surface area contributed by atoms with Gasteiger partial charge < -0.3 is 14.8 Å². The van der Waals surface area contributed by atoms with E-state index in [0.717, 1.165) is 13.0 Å². The van der Waals surface area contributed by atoms with Crippen molar-refractivity contribution >= 4 is 23.4 Å². The Hall–Kier alpha value is -1.49. The molecule has 0 radical (unpaired) electrons. The molecule has 1 atom stereocenters. The van der Waals surface area contributed by atoms with Crippen LogP contribution in [0.3, 0.4) is 0 Å². The highest BCUT2D eigenvalue weighted by Crippen LogP contribution is 2.18. The van der Waals surface area contributed by atoms with E-state index in [4.69, 9.17) is 11.6 Å². The van der Waals surface area contributed by atoms with Gasteiger partial charge in [0.1, 0.15) is 11.7 Å². The summed E-state index contributed by atoms with van der Waals surface area (Å²) in [6, 6.07) is 1.23. The largest absolute Gasteiger partial charge is 0.353 e. The van der Waals surface area contributed by atoms with Gasteiger partial charge in [0, 0.05) is 25.8 Å². The van der Waals surface area contributed by atoms with Crippen molar-refractivity contribution in [3.8, 4) is 0 Å². The van der Waals surface area contributed by atoms with E-state index in [2.05, 4.69) is 5.32 Å². The number of aryl methyl sites for hydroxylation is 1. The van der Waals surface area contributed by atoms with Crippen molar-refractivity contribution in [2.45, 2.75) is 32.9 Å². The lowest BCUT2D eigenvalue weighted by molar-refractivity contribution is -0.127. The topological polar surface area (TPSA) is 54.3 Å². The molecule has 2 rings (SSSR count). The quantitative estimate of drug-likeness (QED) is 0.914. The molecule has 6 heteroatoms. The van der Waals surface area contributed by atoms with Crippen molar-refractivity contribution in [1.29, 1.82) is 0 Å². The number of rotatable bonds is 3. The zero-order valence-electron chi connectivity index (χ0n) is 11.1. The van der Waals surface area contributed by atoms with Gasteiger partial charge in [-0.15, -0.1) is 0 Å². The van der Waals surface area contributed by atoms with Gasteiger partial charge in [-0.1, -0.05) is 18.5 Å². The molecule has 1 fully saturated rings. The average molecular weight is 284 g/mol. The number of nitrogens with one attached hydrogen (secondary N) is 1. The summed E-state index contributed by atoms with van der Waals surface area (Å²) >= 11 is 5.98. The van der Waals surface area contributed by atoms with Crippen molar-refractivity contribution in [3.05, 3.63) is 23.0 Å². The van der Waals surface area contributed by atoms with Crippen LogP contribution in [0.15, 0.2) is 12.3 Å². The SMILES string of the molecule is CCCn1cc(Cl)cc1C(=O)N1CCNC(=O)C1C. The minimum atomic E-state index is -0.440. The third-order valence-corrected chi connectivity index (χ3v) is 3.51. The summed E-state index contributed by atoms with van der Waals surface area (Å²) in [5.41, 5.74) is 0.549. The number of halogens is 1. The van der Waals surface area contributed by atoms with Gasteiger partial charge in [-0.05, 0) is 19.4 Å². The smallest absolute Gasteiger partial charge is 0.271 e. The Labute approximate surface area is 117 Å². The summed E-state index contributed by atoms with van der Waals surface area (Å²) in [5.74, 6) is -0.248. The zero-order chi connectivity index (χ0) is 14.0. The molecule has 1 unspecified atom stereocenters. The van der Waals surface area contributed by atoms with Crippen molar-refractivity contribution in [2.24, 2.45) is 0 Å². The summed E-state index contributed by atoms with van der Waals surface area (Å²) < 4.78 is 1.85. The molecule has 1 saturated heterocycles. The Morgan fingerprint density at radius 3 is 3.00 bits per heavy atom. The fourth-order valence-electron chi connectivity index (χ4n) is 2.29. The van der Waals surface area contributed by atoms with E-state index in [0.29, 0.717) is 23.8 Å². The Bertz CT molecular complexity index is 498. The molecule has 1 aromatic rings. The van der Waals surface area contributed by atoms with Crippen molar-refractivity contribution in [2.75, 3.05) is 13.1 Å². The Balaban J connectivity index is 2.25. The van der Waals surface area contributed by atoms with Crippen LogP contribution in [0.5, 0.6) is 0 Å². The molecule has 2 amide bonds. The van der Waals surface area contributed by atoms with Gasteiger partial charge in [-0.3, -0.25) is 9.59 Å². The molecule has 19 heavy (non-hydrogen) atoms. The van der Waals surface area contributed by atoms with E-state index in [-0.39, 0.29) is 11.8 Å². The normalized spacial score (nSPS) is 19.4. The minimum absolute atomic E-state index is 0.112. The molecule has 0 saturated carbocycles. The van der Waals surface area contributed by atoms with Gasteiger partial charge in [0.25, 0.3) is 5.91 Å². The summed E-state index contributed by atoms with van der Waals surface area (Å²) in [6.45, 7) is 5.54. The standard InChI is InChI=1S/C13H18ClN3O2/c1-3-5-16-8-10(14)7-11(16)13(19)17-6-4-15-12(18)9(17)2/h7-9H,3-6H2,1-2H3,(H,15,18). The van der Waals surface area contributed by atoms with Gasteiger partial charge in [0.15, 0.2) is 0 Å². The van der Waals surface area contributed by atoms with E-state index >= 15 is 0 Å². The van der Waals surface area contributed by atoms with Gasteiger partial charge in [-0.25, -0.2) is 0 Å². The second-order valence-electron chi connectivity index (χ2n) is 4.70. The number of carbonyl (C=O) groups excluding carboxylic acids is 2. The van der Waals surface area contributed by atoms with Crippen molar-refractivity contribution in [3.63, 3.8) is 0 Å². The molecule has 1 aliphatic heterocycles. The molecule has 0 bridgehead atoms. The molecule has 1 aliphatic rings. The summed E-state index contributed by atoms with van der Waals surface area (Å²) in [5, 5.41) is 3.29. The number of nitrogens with zero attached hydrogens (tertiary/aromatic N) is 2. The van der Waals surface area contributed by atoms with Gasteiger partial charge in [-0.2, -0.15) is 0 Å². The fraction of sp³-hybridized carbons (Fsp3) is 0.538. The fourth-order valence-corrected chi connectivity index (χ4v) is 2.51. The number of piperazine rings is 1. The highest BCUT2D eigenvalue weighted by atomic mass is 35.5. The lowest BCUT2D eigenvalue weighted by atomic mass is 10.2. The van der Waals surface area contributed by atoms with E-state index in [1.165, 1.54) is 0 Å². The number of carbonyl (C=O) groups is 2. The maximum atomic E-state index is 12.5. The number of hydrogen-bond donors (Lipinski definition) is 1. The Morgan fingerprint density at radius 2 is 2.32 bits per heavy atom. The van der Waals surface area contributed by atoms with Crippen LogP contribution >= 0.6 is 11.6 Å². The lowest BCUT2D eigenvalue weighted by Gasteiger charge is -2.33. The monoisotopic (exact) mass is 283 g/mol. The summed E-state index contributed by atoms with van der Waals surface area (Å²) in [7, 11) is 0. The molecule has 0 aliphatic carbocycles. The van der Waals surface area contributed by atoms with Crippen LogP contribution in [-0.4, -0.2) is 40.4 Å². The first kappa shape index (κ1) is 13.9. The first-order valence-corrected chi connectivity index (χ1v) is 6.86. The van der Waals surface area contributed by atoms with Crippen LogP contribution in [0, 0.1) is 0 Å². The average Bonchev–Trinajstić information content (AvgIpc) is 2.73. The molecule has 5 nitrogen and oxygen atoms in total. The maximum Gasteiger partial charge on any atom is 0.271 e. The number of amides is 2. The lowest BCUT2D eigenvalue weighted by Crippen LogP contribution is -2.56. The maximum absolute atomic E-state index is 12.5. The predicted octanol–water partition coefficient (Wildman–Crippen LogP) is 1.51. The van der Waals surface area contributed by atoms with Crippen molar-refractivity contribution in [1.82, 2.24) is 14.8 Å². The zero-order valence-corrected chi connectivity index (χ0v) is 11.9. The first-order valence-electron chi connectivity index (χ1n) is 6.49. The third kappa shape index (κ3) is 2.76. The second kappa shape index (κ2) is 5.65. The molecule has 0 spiro atoms. The second-order valence-corrected chi connectivity index (χ2v) is 5.14. The predicted molar refractivity (Wildman–Crippen MR) is 73.2 cm³/mol. The molecule has 1 aromatic heterocycles. The van der Waals surface area contributed by atoms with Crippen LogP contribution in [0.1, 0.15) is 30.8 Å². The molecule has 2 heterocycles. The number of aromatic nitrogens is 1. The molecule has 1 N–H and O–H groups in total. The summed E-state index contributed by atoms with van der Waals surface area (Å²) in [4.78, 5) is 25.7. The molecular formula is C13H18ClN3O2. The molecule has 104 valence electrons. The van der Waals surface area contributed by atoms with Crippen LogP contribution in [0.25, 0.3) is 0 Å². The first-order chi connectivity index (χ1) is 9.04. The highest BCUT2D eigenvalue weighted by Gasteiger charge is 2.31.